The molecule has 0 aromatic carbocycles. The van der Waals surface area contributed by atoms with Crippen LogP contribution in [0.25, 0.3) is 6.08 Å². The maximum Gasteiger partial charge on any atom is 0.349 e. The predicted molar refractivity (Wildman–Crippen MR) is 105 cm³/mol. The van der Waals surface area contributed by atoms with Gasteiger partial charge in [0, 0.05) is 31.6 Å². The van der Waals surface area contributed by atoms with E-state index in [9.17, 15) is 19.6 Å². The Hall–Kier alpha value is -3.12. The Morgan fingerprint density at radius 2 is 2.14 bits per heavy atom. The average Bonchev–Trinajstić information content (AvgIpc) is 3.32. The number of hydrogen-bond acceptors (Lipinski definition) is 6. The first-order valence-corrected chi connectivity index (χ1v) is 9.40. The molecule has 1 saturated heterocycles. The second-order valence-corrected chi connectivity index (χ2v) is 6.77. The highest BCUT2D eigenvalue weighted by Gasteiger charge is 2.20. The van der Waals surface area contributed by atoms with Gasteiger partial charge in [-0.3, -0.25) is 9.59 Å². The Morgan fingerprint density at radius 3 is 2.76 bits per heavy atom. The fourth-order valence-corrected chi connectivity index (χ4v) is 3.07. The zero-order valence-electron chi connectivity index (χ0n) is 16.9. The van der Waals surface area contributed by atoms with Crippen LogP contribution in [0.15, 0.2) is 11.6 Å². The summed E-state index contributed by atoms with van der Waals surface area (Å²) in [5.41, 5.74) is 2.45. The zero-order chi connectivity index (χ0) is 21.4. The minimum absolute atomic E-state index is 0.172. The highest BCUT2D eigenvalue weighted by Crippen LogP contribution is 2.22. The number of rotatable bonds is 8. The summed E-state index contributed by atoms with van der Waals surface area (Å²) in [6, 6.07) is 3.71. The van der Waals surface area contributed by atoms with Gasteiger partial charge in [-0.25, -0.2) is 4.79 Å². The fourth-order valence-electron chi connectivity index (χ4n) is 3.07. The molecule has 0 unspecified atom stereocenters. The van der Waals surface area contributed by atoms with Crippen LogP contribution in [0.5, 0.6) is 0 Å². The van der Waals surface area contributed by atoms with Crippen molar-refractivity contribution in [1.82, 2.24) is 15.2 Å². The number of nitriles is 1. The third-order valence-electron chi connectivity index (χ3n) is 4.72. The molecule has 1 aliphatic heterocycles. The van der Waals surface area contributed by atoms with Gasteiger partial charge in [-0.05, 0) is 44.4 Å². The molecule has 156 valence electrons. The van der Waals surface area contributed by atoms with Crippen LogP contribution < -0.4 is 10.6 Å². The first kappa shape index (κ1) is 22.2. The number of hydrogen-bond donors (Lipinski definition) is 2. The number of aryl methyl sites for hydroxylation is 1. The number of amides is 2. The lowest BCUT2D eigenvalue weighted by molar-refractivity contribution is -0.144. The van der Waals surface area contributed by atoms with Crippen LogP contribution in [0.4, 0.5) is 0 Å². The Balaban J connectivity index is 2.01. The van der Waals surface area contributed by atoms with Crippen LogP contribution in [0, 0.1) is 25.2 Å². The van der Waals surface area contributed by atoms with E-state index in [-0.39, 0.29) is 24.1 Å². The Bertz CT molecular complexity index is 844. The molecule has 2 heterocycles. The van der Waals surface area contributed by atoms with Crippen LogP contribution in [-0.2, 0) is 30.4 Å². The van der Waals surface area contributed by atoms with Gasteiger partial charge in [0.05, 0.1) is 12.6 Å². The van der Waals surface area contributed by atoms with Gasteiger partial charge in [0.25, 0.3) is 5.91 Å². The molecule has 2 amide bonds. The largest absolute Gasteiger partial charge is 0.451 e. The number of carbonyl (C=O) groups excluding carboxylic acids is 3. The number of likely N-dealkylation sites (N-methyl/N-ethyl adjacent to an activating group) is 1. The molecule has 9 nitrogen and oxygen atoms in total. The number of nitrogens with one attached hydrogen (secondary N) is 2. The van der Waals surface area contributed by atoms with E-state index in [2.05, 4.69) is 15.2 Å². The van der Waals surface area contributed by atoms with Crippen molar-refractivity contribution in [1.29, 1.82) is 5.26 Å². The minimum atomic E-state index is -0.897. The molecule has 1 fully saturated rings. The smallest absolute Gasteiger partial charge is 0.349 e. The summed E-state index contributed by atoms with van der Waals surface area (Å²) >= 11 is 0. The summed E-state index contributed by atoms with van der Waals surface area (Å²) in [4.78, 5) is 34.9. The first-order chi connectivity index (χ1) is 13.8. The topological polar surface area (TPSA) is 122 Å². The molecule has 2 N–H and O–H groups in total. The normalized spacial score (nSPS) is 16.2. The van der Waals surface area contributed by atoms with Crippen molar-refractivity contribution >= 4 is 23.9 Å². The van der Waals surface area contributed by atoms with E-state index in [0.29, 0.717) is 0 Å². The molecule has 0 aliphatic carbocycles. The van der Waals surface area contributed by atoms with Crippen molar-refractivity contribution < 1.29 is 23.9 Å². The number of nitrogens with zero attached hydrogens (tertiary/aromatic N) is 2. The van der Waals surface area contributed by atoms with Crippen molar-refractivity contribution in [3.05, 3.63) is 28.6 Å². The lowest BCUT2D eigenvalue weighted by Crippen LogP contribution is -2.37. The molecule has 0 radical (unpaired) electrons. The fraction of sp³-hybridized carbons (Fsp3) is 0.500. The molecule has 1 atom stereocenters. The highest BCUT2D eigenvalue weighted by atomic mass is 16.5. The lowest BCUT2D eigenvalue weighted by atomic mass is 10.1. The third-order valence-corrected chi connectivity index (χ3v) is 4.72. The van der Waals surface area contributed by atoms with Crippen LogP contribution in [0.2, 0.25) is 0 Å². The molecule has 9 heteroatoms. The molecule has 1 aromatic heterocycles. The van der Waals surface area contributed by atoms with Crippen molar-refractivity contribution in [2.75, 3.05) is 26.8 Å². The van der Waals surface area contributed by atoms with E-state index in [1.165, 1.54) is 13.1 Å². The van der Waals surface area contributed by atoms with Crippen molar-refractivity contribution in [2.45, 2.75) is 39.3 Å². The van der Waals surface area contributed by atoms with Crippen LogP contribution >= 0.6 is 0 Å². The summed E-state index contributed by atoms with van der Waals surface area (Å²) in [7, 11) is 1.44. The predicted octanol–water partition coefficient (Wildman–Crippen LogP) is 0.596. The SMILES string of the molecule is CNC(=O)CNC(=O)COC(=O)/C(C#N)=C/c1cc(C)n(C[C@H]2CCCO2)c1C. The van der Waals surface area contributed by atoms with E-state index in [0.717, 1.165) is 42.9 Å². The molecule has 0 saturated carbocycles. The molecule has 0 spiro atoms. The van der Waals surface area contributed by atoms with E-state index >= 15 is 0 Å². The number of ether oxygens (including phenoxy) is 2. The third kappa shape index (κ3) is 6.19. The van der Waals surface area contributed by atoms with Gasteiger partial charge in [-0.2, -0.15) is 5.26 Å². The van der Waals surface area contributed by atoms with Crippen LogP contribution in [0.1, 0.15) is 29.8 Å². The van der Waals surface area contributed by atoms with E-state index in [4.69, 9.17) is 9.47 Å². The van der Waals surface area contributed by atoms with Gasteiger partial charge in [0.2, 0.25) is 5.91 Å². The molecular formula is C20H26N4O5. The molecule has 0 bridgehead atoms. The summed E-state index contributed by atoms with van der Waals surface area (Å²) < 4.78 is 12.7. The number of esters is 1. The summed E-state index contributed by atoms with van der Waals surface area (Å²) in [6.07, 6.45) is 3.70. The van der Waals surface area contributed by atoms with Gasteiger partial charge in [-0.15, -0.1) is 0 Å². The molecule has 1 aliphatic rings. The van der Waals surface area contributed by atoms with Gasteiger partial charge in [-0.1, -0.05) is 0 Å². The van der Waals surface area contributed by atoms with Gasteiger partial charge >= 0.3 is 5.97 Å². The molecule has 1 aromatic rings. The summed E-state index contributed by atoms with van der Waals surface area (Å²) in [5.74, 6) is -1.90. The quantitative estimate of drug-likeness (QED) is 0.373. The second kappa shape index (κ2) is 10.4. The van der Waals surface area contributed by atoms with E-state index in [1.807, 2.05) is 26.0 Å². The molecule has 29 heavy (non-hydrogen) atoms. The van der Waals surface area contributed by atoms with E-state index < -0.39 is 18.5 Å². The van der Waals surface area contributed by atoms with Crippen LogP contribution in [0.3, 0.4) is 0 Å². The number of carbonyl (C=O) groups is 3. The van der Waals surface area contributed by atoms with Crippen molar-refractivity contribution in [3.8, 4) is 6.07 Å². The maximum absolute atomic E-state index is 12.2. The minimum Gasteiger partial charge on any atom is -0.451 e. The van der Waals surface area contributed by atoms with Gasteiger partial charge in [0.15, 0.2) is 6.61 Å². The maximum atomic E-state index is 12.2. The zero-order valence-corrected chi connectivity index (χ0v) is 16.9. The van der Waals surface area contributed by atoms with Gasteiger partial charge in [0.1, 0.15) is 11.6 Å². The Kier molecular flexibility index (Phi) is 7.98. The second-order valence-electron chi connectivity index (χ2n) is 6.77. The first-order valence-electron chi connectivity index (χ1n) is 9.40. The Labute approximate surface area is 169 Å². The lowest BCUT2D eigenvalue weighted by Gasteiger charge is -2.14. The molecular weight excluding hydrogens is 376 g/mol. The average molecular weight is 402 g/mol. The van der Waals surface area contributed by atoms with Crippen LogP contribution in [-0.4, -0.2) is 55.3 Å². The Morgan fingerprint density at radius 1 is 1.38 bits per heavy atom. The molecule has 2 rings (SSSR count). The van der Waals surface area contributed by atoms with E-state index in [1.54, 1.807) is 0 Å². The standard InChI is InChI=1S/C20H26N4O5/c1-13-7-15(14(2)24(13)11-17-5-4-6-28-17)8-16(9-21)20(27)29-12-19(26)23-10-18(25)22-3/h7-8,17H,4-6,10-12H2,1-3H3,(H,22,25)(H,23,26)/b16-8+/t17-/m1/s1. The van der Waals surface area contributed by atoms with Crippen molar-refractivity contribution in [2.24, 2.45) is 0 Å². The highest BCUT2D eigenvalue weighted by molar-refractivity contribution is 5.99. The summed E-state index contributed by atoms with van der Waals surface area (Å²) in [6.45, 7) is 4.58. The summed E-state index contributed by atoms with van der Waals surface area (Å²) in [5, 5.41) is 14.0. The van der Waals surface area contributed by atoms with Crippen molar-refractivity contribution in [3.63, 3.8) is 0 Å². The van der Waals surface area contributed by atoms with Gasteiger partial charge < -0.3 is 24.7 Å². The number of aromatic nitrogens is 1. The monoisotopic (exact) mass is 402 g/mol.